The summed E-state index contributed by atoms with van der Waals surface area (Å²) in [5.74, 6) is 0.368. The fourth-order valence-corrected chi connectivity index (χ4v) is 2.55. The number of aliphatic hydroxyl groups is 1. The Bertz CT molecular complexity index is 578. The Kier molecular flexibility index (Phi) is 2.46. The molecule has 1 aliphatic heterocycles. The molecule has 1 aliphatic rings. The molecular formula is C11H16N6O. The number of nitrogens with zero attached hydrogens (tertiary/aromatic N) is 4. The molecule has 18 heavy (non-hydrogen) atoms. The number of hydrogen-bond donors (Lipinski definition) is 3. The summed E-state index contributed by atoms with van der Waals surface area (Å²) in [7, 11) is 0. The molecule has 3 heterocycles. The number of aromatic nitrogens is 4. The minimum Gasteiger partial charge on any atom is -0.387 e. The Balaban J connectivity index is 2.11. The first-order valence-corrected chi connectivity index (χ1v) is 5.96. The van der Waals surface area contributed by atoms with Crippen LogP contribution in [0.4, 0.5) is 5.82 Å². The molecule has 0 aliphatic carbocycles. The van der Waals surface area contributed by atoms with Gasteiger partial charge in [-0.15, -0.1) is 0 Å². The van der Waals surface area contributed by atoms with Gasteiger partial charge in [-0.05, 0) is 19.9 Å². The molecule has 0 radical (unpaired) electrons. The lowest BCUT2D eigenvalue weighted by molar-refractivity contribution is -0.0115. The van der Waals surface area contributed by atoms with E-state index in [1.54, 1.807) is 6.33 Å². The zero-order chi connectivity index (χ0) is 12.8. The molecule has 96 valence electrons. The lowest BCUT2D eigenvalue weighted by atomic mass is 9.90. The predicted octanol–water partition coefficient (Wildman–Crippen LogP) is -0.306. The fourth-order valence-electron chi connectivity index (χ4n) is 2.55. The molecule has 1 fully saturated rings. The molecule has 2 aromatic heterocycles. The van der Waals surface area contributed by atoms with Crippen molar-refractivity contribution in [1.29, 1.82) is 0 Å². The van der Waals surface area contributed by atoms with Crippen molar-refractivity contribution in [3.05, 3.63) is 12.7 Å². The highest BCUT2D eigenvalue weighted by Crippen LogP contribution is 2.31. The third kappa shape index (κ3) is 1.63. The number of nitrogens with one attached hydrogen (secondary N) is 1. The summed E-state index contributed by atoms with van der Waals surface area (Å²) < 4.78 is 1.90. The highest BCUT2D eigenvalue weighted by molar-refractivity contribution is 5.81. The molecule has 0 amide bonds. The van der Waals surface area contributed by atoms with Gasteiger partial charge in [0.1, 0.15) is 11.8 Å². The Morgan fingerprint density at radius 2 is 2.33 bits per heavy atom. The van der Waals surface area contributed by atoms with E-state index in [0.717, 1.165) is 13.0 Å². The number of fused-ring (bicyclic) bond motifs is 1. The lowest BCUT2D eigenvalue weighted by Crippen LogP contribution is -2.50. The molecule has 1 saturated heterocycles. The van der Waals surface area contributed by atoms with Crippen molar-refractivity contribution in [2.24, 2.45) is 0 Å². The van der Waals surface area contributed by atoms with E-state index in [0.29, 0.717) is 23.5 Å². The molecule has 7 nitrogen and oxygen atoms in total. The van der Waals surface area contributed by atoms with Crippen LogP contribution in [0.2, 0.25) is 0 Å². The maximum Gasteiger partial charge on any atom is 0.165 e. The average molecular weight is 248 g/mol. The van der Waals surface area contributed by atoms with Gasteiger partial charge in [0.2, 0.25) is 0 Å². The minimum atomic E-state index is -0.828. The SMILES string of the molecule is C[C@]1(O)CNCC[C@@H]1n1cnc2c(N)ncnc21. The third-order valence-corrected chi connectivity index (χ3v) is 3.52. The van der Waals surface area contributed by atoms with Crippen molar-refractivity contribution >= 4 is 17.0 Å². The molecule has 0 bridgehead atoms. The molecule has 2 atom stereocenters. The summed E-state index contributed by atoms with van der Waals surface area (Å²) in [6.45, 7) is 3.24. The van der Waals surface area contributed by atoms with Crippen LogP contribution >= 0.6 is 0 Å². The number of nitrogen functional groups attached to an aromatic ring is 1. The number of piperidine rings is 1. The Morgan fingerprint density at radius 1 is 1.50 bits per heavy atom. The monoisotopic (exact) mass is 248 g/mol. The quantitative estimate of drug-likeness (QED) is 0.640. The first-order chi connectivity index (χ1) is 8.59. The van der Waals surface area contributed by atoms with Crippen LogP contribution in [0.3, 0.4) is 0 Å². The number of imidazole rings is 1. The van der Waals surface area contributed by atoms with Gasteiger partial charge in [-0.2, -0.15) is 0 Å². The van der Waals surface area contributed by atoms with E-state index in [1.165, 1.54) is 6.33 Å². The third-order valence-electron chi connectivity index (χ3n) is 3.52. The lowest BCUT2D eigenvalue weighted by Gasteiger charge is -2.38. The van der Waals surface area contributed by atoms with Crippen LogP contribution in [-0.4, -0.2) is 43.3 Å². The molecule has 7 heteroatoms. The van der Waals surface area contributed by atoms with E-state index >= 15 is 0 Å². The van der Waals surface area contributed by atoms with Crippen LogP contribution < -0.4 is 11.1 Å². The zero-order valence-corrected chi connectivity index (χ0v) is 10.2. The van der Waals surface area contributed by atoms with E-state index in [4.69, 9.17) is 5.73 Å². The number of rotatable bonds is 1. The van der Waals surface area contributed by atoms with Gasteiger partial charge >= 0.3 is 0 Å². The maximum absolute atomic E-state index is 10.4. The van der Waals surface area contributed by atoms with Gasteiger partial charge in [0.25, 0.3) is 0 Å². The molecule has 0 aromatic carbocycles. The summed E-state index contributed by atoms with van der Waals surface area (Å²) in [4.78, 5) is 12.4. The van der Waals surface area contributed by atoms with Crippen LogP contribution in [0, 0.1) is 0 Å². The van der Waals surface area contributed by atoms with Gasteiger partial charge in [0.05, 0.1) is 18.0 Å². The highest BCUT2D eigenvalue weighted by atomic mass is 16.3. The predicted molar refractivity (Wildman–Crippen MR) is 66.9 cm³/mol. The second-order valence-corrected chi connectivity index (χ2v) is 4.92. The van der Waals surface area contributed by atoms with E-state index in [-0.39, 0.29) is 6.04 Å². The number of anilines is 1. The molecule has 0 saturated carbocycles. The highest BCUT2D eigenvalue weighted by Gasteiger charge is 2.36. The first kappa shape index (κ1) is 11.4. The van der Waals surface area contributed by atoms with Crippen LogP contribution in [-0.2, 0) is 0 Å². The van der Waals surface area contributed by atoms with Crippen molar-refractivity contribution in [2.45, 2.75) is 25.0 Å². The average Bonchev–Trinajstić information content (AvgIpc) is 2.74. The van der Waals surface area contributed by atoms with Gasteiger partial charge < -0.3 is 20.7 Å². The second kappa shape index (κ2) is 3.89. The maximum atomic E-state index is 10.4. The smallest absolute Gasteiger partial charge is 0.165 e. The summed E-state index contributed by atoms with van der Waals surface area (Å²) in [5, 5.41) is 13.6. The van der Waals surface area contributed by atoms with E-state index < -0.39 is 5.60 Å². The number of nitrogens with two attached hydrogens (primary N) is 1. The van der Waals surface area contributed by atoms with Crippen LogP contribution in [0.5, 0.6) is 0 Å². The summed E-state index contributed by atoms with van der Waals surface area (Å²) in [6, 6.07) is -0.0574. The summed E-state index contributed by atoms with van der Waals surface area (Å²) in [6.07, 6.45) is 3.92. The van der Waals surface area contributed by atoms with Crippen LogP contribution in [0.1, 0.15) is 19.4 Å². The fraction of sp³-hybridized carbons (Fsp3) is 0.545. The normalized spacial score (nSPS) is 28.7. The van der Waals surface area contributed by atoms with E-state index in [1.807, 2.05) is 11.5 Å². The molecular weight excluding hydrogens is 232 g/mol. The van der Waals surface area contributed by atoms with Crippen molar-refractivity contribution < 1.29 is 5.11 Å². The number of β-amino-alcohol motifs (C(OH)–C–C–N with tert-alkyl or cyclic N) is 1. The first-order valence-electron chi connectivity index (χ1n) is 5.96. The zero-order valence-electron chi connectivity index (χ0n) is 10.2. The van der Waals surface area contributed by atoms with Gasteiger partial charge in [0, 0.05) is 6.54 Å². The van der Waals surface area contributed by atoms with E-state index in [9.17, 15) is 5.11 Å². The molecule has 3 rings (SSSR count). The largest absolute Gasteiger partial charge is 0.387 e. The molecule has 2 aromatic rings. The standard InChI is InChI=1S/C11H16N6O/c1-11(18)4-13-3-2-7(11)17-6-16-8-9(12)14-5-15-10(8)17/h5-7,13,18H,2-4H2,1H3,(H2,12,14,15)/t7-,11-/m0/s1. The van der Waals surface area contributed by atoms with Gasteiger partial charge in [-0.1, -0.05) is 0 Å². The second-order valence-electron chi connectivity index (χ2n) is 4.92. The van der Waals surface area contributed by atoms with Crippen LogP contribution in [0.25, 0.3) is 11.2 Å². The van der Waals surface area contributed by atoms with Crippen molar-refractivity contribution in [3.8, 4) is 0 Å². The van der Waals surface area contributed by atoms with Crippen molar-refractivity contribution in [1.82, 2.24) is 24.8 Å². The summed E-state index contributed by atoms with van der Waals surface area (Å²) in [5.41, 5.74) is 6.20. The topological polar surface area (TPSA) is 102 Å². The van der Waals surface area contributed by atoms with E-state index in [2.05, 4.69) is 20.3 Å². The Labute approximate surface area is 104 Å². The van der Waals surface area contributed by atoms with Gasteiger partial charge in [0.15, 0.2) is 11.5 Å². The minimum absolute atomic E-state index is 0.0574. The molecule has 0 unspecified atom stereocenters. The molecule has 0 spiro atoms. The van der Waals surface area contributed by atoms with Crippen molar-refractivity contribution in [3.63, 3.8) is 0 Å². The van der Waals surface area contributed by atoms with Crippen molar-refractivity contribution in [2.75, 3.05) is 18.8 Å². The Morgan fingerprint density at radius 3 is 3.11 bits per heavy atom. The molecule has 4 N–H and O–H groups in total. The Hall–Kier alpha value is -1.73. The number of hydrogen-bond acceptors (Lipinski definition) is 6. The van der Waals surface area contributed by atoms with Crippen LogP contribution in [0.15, 0.2) is 12.7 Å². The van der Waals surface area contributed by atoms with Gasteiger partial charge in [-0.3, -0.25) is 0 Å². The van der Waals surface area contributed by atoms with Gasteiger partial charge in [-0.25, -0.2) is 15.0 Å². The summed E-state index contributed by atoms with van der Waals surface area (Å²) >= 11 is 0.